The zero-order valence-electron chi connectivity index (χ0n) is 10.9. The highest BCUT2D eigenvalue weighted by Gasteiger charge is 2.02. The molecule has 4 heteroatoms. The molecule has 0 aliphatic heterocycles. The third kappa shape index (κ3) is 3.89. The van der Waals surface area contributed by atoms with Crippen LogP contribution >= 0.6 is 15.9 Å². The number of anilines is 1. The Morgan fingerprint density at radius 1 is 0.947 bits per heavy atom. The van der Waals surface area contributed by atoms with Crippen molar-refractivity contribution in [3.05, 3.63) is 52.5 Å². The Labute approximate surface area is 121 Å². The summed E-state index contributed by atoms with van der Waals surface area (Å²) in [5.74, 6) is 1.60. The summed E-state index contributed by atoms with van der Waals surface area (Å²) in [5.41, 5.74) is 2.18. The lowest BCUT2D eigenvalue weighted by Gasteiger charge is -2.10. The van der Waals surface area contributed by atoms with Gasteiger partial charge in [0.1, 0.15) is 11.5 Å². The van der Waals surface area contributed by atoms with Gasteiger partial charge in [-0.1, -0.05) is 15.9 Å². The van der Waals surface area contributed by atoms with E-state index in [0.29, 0.717) is 0 Å². The lowest BCUT2D eigenvalue weighted by molar-refractivity contribution is 0.393. The molecule has 0 unspecified atom stereocenters. The fourth-order valence-electron chi connectivity index (χ4n) is 1.74. The van der Waals surface area contributed by atoms with Gasteiger partial charge in [-0.25, -0.2) is 0 Å². The summed E-state index contributed by atoms with van der Waals surface area (Å²) in [4.78, 5) is 0. The third-order valence-corrected chi connectivity index (χ3v) is 3.28. The van der Waals surface area contributed by atoms with Gasteiger partial charge >= 0.3 is 0 Å². The minimum absolute atomic E-state index is 0.717. The van der Waals surface area contributed by atoms with Crippen LogP contribution < -0.4 is 14.8 Å². The highest BCUT2D eigenvalue weighted by Crippen LogP contribution is 2.23. The molecule has 0 radical (unpaired) electrons. The zero-order chi connectivity index (χ0) is 13.7. The molecule has 0 spiro atoms. The van der Waals surface area contributed by atoms with Crippen molar-refractivity contribution in [1.82, 2.24) is 0 Å². The van der Waals surface area contributed by atoms with Gasteiger partial charge in [-0.3, -0.25) is 0 Å². The van der Waals surface area contributed by atoms with Crippen molar-refractivity contribution in [2.75, 3.05) is 19.5 Å². The third-order valence-electron chi connectivity index (χ3n) is 2.75. The van der Waals surface area contributed by atoms with Crippen LogP contribution in [0.5, 0.6) is 11.5 Å². The Balaban J connectivity index is 2.08. The lowest BCUT2D eigenvalue weighted by Crippen LogP contribution is -2.00. The van der Waals surface area contributed by atoms with E-state index in [4.69, 9.17) is 9.47 Å². The van der Waals surface area contributed by atoms with Gasteiger partial charge in [0.05, 0.1) is 14.2 Å². The van der Waals surface area contributed by atoms with Crippen LogP contribution in [0.25, 0.3) is 0 Å². The number of benzene rings is 2. The van der Waals surface area contributed by atoms with Crippen LogP contribution in [0.4, 0.5) is 5.69 Å². The second-order valence-electron chi connectivity index (χ2n) is 4.08. The zero-order valence-corrected chi connectivity index (χ0v) is 12.5. The molecule has 0 aliphatic carbocycles. The van der Waals surface area contributed by atoms with Crippen molar-refractivity contribution >= 4 is 21.6 Å². The molecule has 0 aromatic heterocycles. The molecule has 2 rings (SSSR count). The SMILES string of the molecule is COc1cc(CNc2ccc(Br)cc2)cc(OC)c1. The first-order chi connectivity index (χ1) is 9.21. The number of hydrogen-bond donors (Lipinski definition) is 1. The Morgan fingerprint density at radius 2 is 1.53 bits per heavy atom. The Kier molecular flexibility index (Phi) is 4.68. The first-order valence-electron chi connectivity index (χ1n) is 5.92. The number of rotatable bonds is 5. The molecule has 0 saturated heterocycles. The second kappa shape index (κ2) is 6.48. The molecule has 2 aromatic rings. The summed E-state index contributed by atoms with van der Waals surface area (Å²) in [6, 6.07) is 13.9. The van der Waals surface area contributed by atoms with E-state index in [2.05, 4.69) is 21.2 Å². The summed E-state index contributed by atoms with van der Waals surface area (Å²) in [6.07, 6.45) is 0. The largest absolute Gasteiger partial charge is 0.497 e. The molecule has 1 N–H and O–H groups in total. The fraction of sp³-hybridized carbons (Fsp3) is 0.200. The predicted octanol–water partition coefficient (Wildman–Crippen LogP) is 4.08. The summed E-state index contributed by atoms with van der Waals surface area (Å²) >= 11 is 3.42. The monoisotopic (exact) mass is 321 g/mol. The minimum Gasteiger partial charge on any atom is -0.497 e. The molecule has 0 heterocycles. The summed E-state index contributed by atoms with van der Waals surface area (Å²) in [6.45, 7) is 0.717. The van der Waals surface area contributed by atoms with Crippen LogP contribution in [0.1, 0.15) is 5.56 Å². The number of ether oxygens (including phenoxy) is 2. The van der Waals surface area contributed by atoms with Crippen LogP contribution in [-0.4, -0.2) is 14.2 Å². The van der Waals surface area contributed by atoms with E-state index in [9.17, 15) is 0 Å². The number of halogens is 1. The van der Waals surface area contributed by atoms with Crippen molar-refractivity contribution < 1.29 is 9.47 Å². The van der Waals surface area contributed by atoms with Crippen molar-refractivity contribution in [2.24, 2.45) is 0 Å². The van der Waals surface area contributed by atoms with E-state index in [1.165, 1.54) is 0 Å². The van der Waals surface area contributed by atoms with E-state index in [0.717, 1.165) is 33.8 Å². The molecule has 0 fully saturated rings. The molecule has 0 atom stereocenters. The number of hydrogen-bond acceptors (Lipinski definition) is 3. The Morgan fingerprint density at radius 3 is 2.05 bits per heavy atom. The Bertz CT molecular complexity index is 518. The first kappa shape index (κ1) is 13.7. The quantitative estimate of drug-likeness (QED) is 0.900. The van der Waals surface area contributed by atoms with Gasteiger partial charge in [-0.15, -0.1) is 0 Å². The van der Waals surface area contributed by atoms with Gasteiger partial charge in [0.25, 0.3) is 0 Å². The second-order valence-corrected chi connectivity index (χ2v) is 5.00. The Hall–Kier alpha value is -1.68. The van der Waals surface area contributed by atoms with E-state index >= 15 is 0 Å². The molecule has 0 amide bonds. The molecule has 100 valence electrons. The summed E-state index contributed by atoms with van der Waals surface area (Å²) < 4.78 is 11.6. The van der Waals surface area contributed by atoms with Gasteiger partial charge < -0.3 is 14.8 Å². The topological polar surface area (TPSA) is 30.5 Å². The van der Waals surface area contributed by atoms with Crippen LogP contribution in [-0.2, 0) is 6.54 Å². The maximum atomic E-state index is 5.25. The van der Waals surface area contributed by atoms with E-state index in [1.54, 1.807) is 14.2 Å². The summed E-state index contributed by atoms with van der Waals surface area (Å²) in [5, 5.41) is 3.36. The van der Waals surface area contributed by atoms with Crippen LogP contribution in [0.3, 0.4) is 0 Å². The molecular weight excluding hydrogens is 306 g/mol. The standard InChI is InChI=1S/C15H16BrNO2/c1-18-14-7-11(8-15(9-14)19-2)10-17-13-5-3-12(16)4-6-13/h3-9,17H,10H2,1-2H3. The molecule has 2 aromatic carbocycles. The minimum atomic E-state index is 0.717. The van der Waals surface area contributed by atoms with Gasteiger partial charge in [0.2, 0.25) is 0 Å². The fourth-order valence-corrected chi connectivity index (χ4v) is 2.00. The maximum absolute atomic E-state index is 5.25. The average molecular weight is 322 g/mol. The molecule has 0 saturated carbocycles. The van der Waals surface area contributed by atoms with Crippen molar-refractivity contribution in [1.29, 1.82) is 0 Å². The van der Waals surface area contributed by atoms with Crippen molar-refractivity contribution in [2.45, 2.75) is 6.54 Å². The molecule has 3 nitrogen and oxygen atoms in total. The van der Waals surface area contributed by atoms with Gasteiger partial charge in [-0.05, 0) is 42.0 Å². The van der Waals surface area contributed by atoms with Gasteiger partial charge in [0.15, 0.2) is 0 Å². The molecule has 19 heavy (non-hydrogen) atoms. The van der Waals surface area contributed by atoms with Crippen LogP contribution in [0, 0.1) is 0 Å². The number of nitrogens with one attached hydrogen (secondary N) is 1. The molecule has 0 aliphatic rings. The smallest absolute Gasteiger partial charge is 0.122 e. The molecular formula is C15H16BrNO2. The van der Waals surface area contributed by atoms with Crippen molar-refractivity contribution in [3.8, 4) is 11.5 Å². The van der Waals surface area contributed by atoms with E-state index in [-0.39, 0.29) is 0 Å². The highest BCUT2D eigenvalue weighted by molar-refractivity contribution is 9.10. The van der Waals surface area contributed by atoms with Crippen molar-refractivity contribution in [3.63, 3.8) is 0 Å². The highest BCUT2D eigenvalue weighted by atomic mass is 79.9. The summed E-state index contributed by atoms with van der Waals surface area (Å²) in [7, 11) is 3.31. The van der Waals surface area contributed by atoms with E-state index in [1.807, 2.05) is 42.5 Å². The van der Waals surface area contributed by atoms with Crippen LogP contribution in [0.15, 0.2) is 46.9 Å². The molecule has 0 bridgehead atoms. The van der Waals surface area contributed by atoms with Gasteiger partial charge in [-0.2, -0.15) is 0 Å². The predicted molar refractivity (Wildman–Crippen MR) is 81.0 cm³/mol. The van der Waals surface area contributed by atoms with E-state index < -0.39 is 0 Å². The average Bonchev–Trinajstić information content (AvgIpc) is 2.46. The van der Waals surface area contributed by atoms with Crippen LogP contribution in [0.2, 0.25) is 0 Å². The normalized spacial score (nSPS) is 10.1. The maximum Gasteiger partial charge on any atom is 0.122 e. The first-order valence-corrected chi connectivity index (χ1v) is 6.72. The van der Waals surface area contributed by atoms with Gasteiger partial charge in [0, 0.05) is 22.8 Å². The number of methoxy groups -OCH3 is 2. The lowest BCUT2D eigenvalue weighted by atomic mass is 10.2.